The van der Waals surface area contributed by atoms with Crippen LogP contribution in [0.2, 0.25) is 0 Å². The maximum atomic E-state index is 13.9. The maximum Gasteiger partial charge on any atom is 0.271 e. The summed E-state index contributed by atoms with van der Waals surface area (Å²) >= 11 is 1.28. The first-order valence-electron chi connectivity index (χ1n) is 12.4. The average molecular weight is 538 g/mol. The predicted molar refractivity (Wildman–Crippen MR) is 154 cm³/mol. The van der Waals surface area contributed by atoms with Crippen molar-refractivity contribution in [1.29, 1.82) is 0 Å². The molecule has 1 aromatic heterocycles. The van der Waals surface area contributed by atoms with Gasteiger partial charge in [-0.15, -0.1) is 0 Å². The Morgan fingerprint density at radius 2 is 1.79 bits per heavy atom. The molecule has 4 aromatic rings. The SMILES string of the molecule is C=CCOc1ccccc1/C=c1/sc2n(c1=O)[C@@H](c1ccc(OC)cc1)C(C(=O)Nc1ccccc1)=C(C)N=2. The molecule has 0 bridgehead atoms. The minimum atomic E-state index is -0.676. The molecule has 0 spiro atoms. The second-order valence-corrected chi connectivity index (χ2v) is 9.82. The molecule has 3 aromatic carbocycles. The Bertz CT molecular complexity index is 1740. The topological polar surface area (TPSA) is 81.9 Å². The summed E-state index contributed by atoms with van der Waals surface area (Å²) in [4.78, 5) is 32.8. The van der Waals surface area contributed by atoms with E-state index < -0.39 is 6.04 Å². The van der Waals surface area contributed by atoms with Crippen molar-refractivity contribution in [2.75, 3.05) is 19.0 Å². The van der Waals surface area contributed by atoms with Crippen LogP contribution in [0, 0.1) is 0 Å². The van der Waals surface area contributed by atoms with Gasteiger partial charge in [0.1, 0.15) is 18.1 Å². The third-order valence-electron chi connectivity index (χ3n) is 6.29. The monoisotopic (exact) mass is 537 g/mol. The molecule has 0 aliphatic carbocycles. The number of nitrogens with zero attached hydrogens (tertiary/aromatic N) is 2. The summed E-state index contributed by atoms with van der Waals surface area (Å²) in [5.41, 5.74) is 2.90. The number of thiazole rings is 1. The summed E-state index contributed by atoms with van der Waals surface area (Å²) in [6, 6.07) is 23.4. The number of amides is 1. The molecule has 0 unspecified atom stereocenters. The molecule has 196 valence electrons. The molecule has 5 rings (SSSR count). The van der Waals surface area contributed by atoms with Gasteiger partial charge < -0.3 is 14.8 Å². The van der Waals surface area contributed by atoms with E-state index >= 15 is 0 Å². The van der Waals surface area contributed by atoms with Gasteiger partial charge in [0.05, 0.1) is 29.0 Å². The van der Waals surface area contributed by atoms with Gasteiger partial charge in [-0.25, -0.2) is 4.99 Å². The number of benzene rings is 3. The number of allylic oxidation sites excluding steroid dienone is 1. The van der Waals surface area contributed by atoms with Crippen molar-refractivity contribution in [1.82, 2.24) is 4.57 Å². The van der Waals surface area contributed by atoms with E-state index in [0.717, 1.165) is 11.1 Å². The molecule has 0 radical (unpaired) electrons. The normalized spacial score (nSPS) is 14.8. The van der Waals surface area contributed by atoms with E-state index in [9.17, 15) is 9.59 Å². The lowest BCUT2D eigenvalue weighted by molar-refractivity contribution is -0.113. The van der Waals surface area contributed by atoms with Crippen LogP contribution >= 0.6 is 11.3 Å². The zero-order valence-electron chi connectivity index (χ0n) is 21.6. The van der Waals surface area contributed by atoms with Crippen LogP contribution in [0.3, 0.4) is 0 Å². The molecule has 1 N–H and O–H groups in total. The number of rotatable bonds is 8. The molecule has 1 amide bonds. The van der Waals surface area contributed by atoms with Crippen molar-refractivity contribution in [3.05, 3.63) is 134 Å². The molecular formula is C31H27N3O4S. The third kappa shape index (κ3) is 5.32. The molecule has 0 fully saturated rings. The largest absolute Gasteiger partial charge is 0.497 e. The van der Waals surface area contributed by atoms with Crippen molar-refractivity contribution >= 4 is 29.0 Å². The first kappa shape index (κ1) is 25.9. The van der Waals surface area contributed by atoms with E-state index in [1.54, 1.807) is 30.8 Å². The Kier molecular flexibility index (Phi) is 7.56. The summed E-state index contributed by atoms with van der Waals surface area (Å²) < 4.78 is 13.2. The zero-order valence-corrected chi connectivity index (χ0v) is 22.4. The number of para-hydroxylation sites is 2. The van der Waals surface area contributed by atoms with Crippen LogP contribution in [0.1, 0.15) is 24.1 Å². The van der Waals surface area contributed by atoms with Crippen molar-refractivity contribution in [3.63, 3.8) is 0 Å². The Morgan fingerprint density at radius 3 is 2.51 bits per heavy atom. The van der Waals surface area contributed by atoms with E-state index in [0.29, 0.717) is 44.4 Å². The van der Waals surface area contributed by atoms with E-state index in [1.165, 1.54) is 11.3 Å². The number of anilines is 1. The molecule has 8 heteroatoms. The van der Waals surface area contributed by atoms with Gasteiger partial charge >= 0.3 is 0 Å². The smallest absolute Gasteiger partial charge is 0.271 e. The van der Waals surface area contributed by atoms with Crippen molar-refractivity contribution in [2.24, 2.45) is 4.99 Å². The molecule has 1 aliphatic rings. The maximum absolute atomic E-state index is 13.9. The highest BCUT2D eigenvalue weighted by atomic mass is 32.1. The van der Waals surface area contributed by atoms with E-state index in [4.69, 9.17) is 14.5 Å². The highest BCUT2D eigenvalue weighted by Gasteiger charge is 2.32. The Labute approximate surface area is 229 Å². The standard InChI is InChI=1S/C31H27N3O4S/c1-4-18-38-25-13-9-8-10-22(25)19-26-30(36)34-28(21-14-16-24(37-3)17-15-21)27(20(2)32-31(34)39-26)29(35)33-23-11-6-5-7-12-23/h4-17,19,28H,1,18H2,2-3H3,(H,33,35)/b26-19+/t28-/m0/s1. The fraction of sp³-hybridized carbons (Fsp3) is 0.129. The molecular weight excluding hydrogens is 510 g/mol. The lowest BCUT2D eigenvalue weighted by atomic mass is 9.95. The van der Waals surface area contributed by atoms with Gasteiger partial charge in [0.25, 0.3) is 11.5 Å². The van der Waals surface area contributed by atoms with Crippen LogP contribution in [0.5, 0.6) is 11.5 Å². The first-order chi connectivity index (χ1) is 19.0. The van der Waals surface area contributed by atoms with Gasteiger partial charge in [0.2, 0.25) is 0 Å². The summed E-state index contributed by atoms with van der Waals surface area (Å²) in [7, 11) is 1.59. The Balaban J connectivity index is 1.66. The summed E-state index contributed by atoms with van der Waals surface area (Å²) in [5, 5.41) is 2.96. The van der Waals surface area contributed by atoms with Crippen LogP contribution in [-0.4, -0.2) is 24.2 Å². The van der Waals surface area contributed by atoms with Crippen molar-refractivity contribution in [2.45, 2.75) is 13.0 Å². The fourth-order valence-corrected chi connectivity index (χ4v) is 5.49. The summed E-state index contributed by atoms with van der Waals surface area (Å²) in [5.74, 6) is 1.01. The van der Waals surface area contributed by atoms with Crippen molar-refractivity contribution in [3.8, 4) is 11.5 Å². The van der Waals surface area contributed by atoms with Gasteiger partial charge in [-0.2, -0.15) is 0 Å². The molecule has 1 atom stereocenters. The van der Waals surface area contributed by atoms with Gasteiger partial charge in [0, 0.05) is 11.3 Å². The number of carbonyl (C=O) groups is 1. The van der Waals surface area contributed by atoms with Gasteiger partial charge in [-0.3, -0.25) is 14.2 Å². The molecule has 2 heterocycles. The van der Waals surface area contributed by atoms with Crippen LogP contribution in [0.4, 0.5) is 5.69 Å². The number of carbonyl (C=O) groups excluding carboxylic acids is 1. The Hall–Kier alpha value is -4.69. The zero-order chi connectivity index (χ0) is 27.4. The second kappa shape index (κ2) is 11.4. The second-order valence-electron chi connectivity index (χ2n) is 8.81. The molecule has 0 saturated carbocycles. The number of hydrogen-bond donors (Lipinski definition) is 1. The lowest BCUT2D eigenvalue weighted by Gasteiger charge is -2.25. The number of nitrogens with one attached hydrogen (secondary N) is 1. The minimum Gasteiger partial charge on any atom is -0.497 e. The first-order valence-corrected chi connectivity index (χ1v) is 13.2. The predicted octanol–water partition coefficient (Wildman–Crippen LogP) is 4.45. The highest BCUT2D eigenvalue weighted by molar-refractivity contribution is 7.07. The number of ether oxygens (including phenoxy) is 2. The van der Waals surface area contributed by atoms with Crippen LogP contribution in [-0.2, 0) is 4.79 Å². The molecule has 1 aliphatic heterocycles. The summed E-state index contributed by atoms with van der Waals surface area (Å²) in [6.45, 7) is 5.85. The average Bonchev–Trinajstić information content (AvgIpc) is 3.26. The van der Waals surface area contributed by atoms with E-state index in [-0.39, 0.29) is 11.5 Å². The number of aromatic nitrogens is 1. The van der Waals surface area contributed by atoms with Gasteiger partial charge in [0.15, 0.2) is 4.80 Å². The van der Waals surface area contributed by atoms with Crippen LogP contribution < -0.4 is 29.7 Å². The molecule has 7 nitrogen and oxygen atoms in total. The fourth-order valence-electron chi connectivity index (χ4n) is 4.45. The summed E-state index contributed by atoms with van der Waals surface area (Å²) in [6.07, 6.45) is 3.47. The van der Waals surface area contributed by atoms with Gasteiger partial charge in [-0.1, -0.05) is 72.5 Å². The highest BCUT2D eigenvalue weighted by Crippen LogP contribution is 2.31. The van der Waals surface area contributed by atoms with Crippen LogP contribution in [0.25, 0.3) is 6.08 Å². The van der Waals surface area contributed by atoms with E-state index in [1.807, 2.05) is 78.9 Å². The van der Waals surface area contributed by atoms with E-state index in [2.05, 4.69) is 11.9 Å². The van der Waals surface area contributed by atoms with Crippen LogP contribution in [0.15, 0.2) is 113 Å². The number of hydrogen-bond acceptors (Lipinski definition) is 6. The van der Waals surface area contributed by atoms with Gasteiger partial charge in [-0.05, 0) is 48.9 Å². The minimum absolute atomic E-state index is 0.240. The quantitative estimate of drug-likeness (QED) is 0.337. The molecule has 0 saturated heterocycles. The molecule has 39 heavy (non-hydrogen) atoms. The third-order valence-corrected chi connectivity index (χ3v) is 7.27. The van der Waals surface area contributed by atoms with Crippen molar-refractivity contribution < 1.29 is 14.3 Å². The Morgan fingerprint density at radius 1 is 1.08 bits per heavy atom. The number of methoxy groups -OCH3 is 1. The number of fused-ring (bicyclic) bond motifs is 1. The lowest BCUT2D eigenvalue weighted by Crippen LogP contribution is -2.40.